The molecule has 0 aliphatic carbocycles. The third kappa shape index (κ3) is 13.4. The maximum Gasteiger partial charge on any atom is 0.333 e. The molecular weight excluding hydrogens is 268 g/mol. The molecule has 0 aromatic rings. The number of ether oxygens (including phenoxy) is 1. The van der Waals surface area contributed by atoms with Gasteiger partial charge in [-0.2, -0.15) is 8.42 Å². The summed E-state index contributed by atoms with van der Waals surface area (Å²) in [6, 6.07) is 0. The number of rotatable bonds is 11. The third-order valence-electron chi connectivity index (χ3n) is 2.63. The molecule has 0 aromatic carbocycles. The summed E-state index contributed by atoms with van der Waals surface area (Å²) in [6.45, 7) is 5.54. The second-order valence-electron chi connectivity index (χ2n) is 4.68. The van der Waals surface area contributed by atoms with Gasteiger partial charge in [-0.15, -0.1) is 0 Å². The average Bonchev–Trinajstić information content (AvgIpc) is 2.29. The lowest BCUT2D eigenvalue weighted by molar-refractivity contribution is -0.139. The molecule has 0 bridgehead atoms. The Morgan fingerprint density at radius 3 is 2.00 bits per heavy atom. The first kappa shape index (κ1) is 18.1. The van der Waals surface area contributed by atoms with Gasteiger partial charge in [0.1, 0.15) is 0 Å². The van der Waals surface area contributed by atoms with Crippen molar-refractivity contribution in [3.05, 3.63) is 12.2 Å². The molecule has 0 saturated heterocycles. The van der Waals surface area contributed by atoms with Gasteiger partial charge in [0.2, 0.25) is 0 Å². The Kier molecular flexibility index (Phi) is 9.51. The van der Waals surface area contributed by atoms with Crippen molar-refractivity contribution >= 4 is 16.1 Å². The summed E-state index contributed by atoms with van der Waals surface area (Å²) < 4.78 is 34.4. The summed E-state index contributed by atoms with van der Waals surface area (Å²) in [6.07, 6.45) is 6.17. The molecule has 0 aliphatic rings. The number of esters is 1. The minimum Gasteiger partial charge on any atom is -0.462 e. The van der Waals surface area contributed by atoms with E-state index in [1.807, 2.05) is 0 Å². The highest BCUT2D eigenvalue weighted by Gasteiger charge is 2.03. The number of carbonyl (C=O) groups excluding carboxylic acids is 1. The van der Waals surface area contributed by atoms with Crippen LogP contribution in [0.15, 0.2) is 12.2 Å². The van der Waals surface area contributed by atoms with Crippen LogP contribution in [0.1, 0.15) is 51.9 Å². The van der Waals surface area contributed by atoms with Gasteiger partial charge in [0, 0.05) is 5.57 Å². The van der Waals surface area contributed by atoms with Gasteiger partial charge >= 0.3 is 5.97 Å². The molecule has 0 fully saturated rings. The number of unbranched alkanes of at least 4 members (excludes halogenated alkanes) is 6. The van der Waals surface area contributed by atoms with Gasteiger partial charge in [-0.1, -0.05) is 38.7 Å². The molecule has 0 aliphatic heterocycles. The molecule has 0 aromatic heterocycles. The third-order valence-corrected chi connectivity index (χ3v) is 3.43. The van der Waals surface area contributed by atoms with Gasteiger partial charge in [0.25, 0.3) is 10.1 Å². The van der Waals surface area contributed by atoms with Crippen molar-refractivity contribution in [3.63, 3.8) is 0 Å². The smallest absolute Gasteiger partial charge is 0.333 e. The minimum atomic E-state index is -3.80. The minimum absolute atomic E-state index is 0.149. The van der Waals surface area contributed by atoms with Gasteiger partial charge in [-0.05, 0) is 19.8 Å². The number of hydrogen-bond acceptors (Lipinski definition) is 4. The van der Waals surface area contributed by atoms with Gasteiger partial charge in [-0.3, -0.25) is 4.55 Å². The SMILES string of the molecule is C=C(C)C(=O)OCCCCCCCCCS(=O)(=O)O. The van der Waals surface area contributed by atoms with E-state index in [1.165, 1.54) is 0 Å². The van der Waals surface area contributed by atoms with E-state index in [0.29, 0.717) is 18.6 Å². The first-order valence-corrected chi connectivity index (χ1v) is 8.21. The van der Waals surface area contributed by atoms with Crippen LogP contribution in [0.4, 0.5) is 0 Å². The highest BCUT2D eigenvalue weighted by molar-refractivity contribution is 7.85. The Morgan fingerprint density at radius 1 is 1.05 bits per heavy atom. The van der Waals surface area contributed by atoms with Crippen LogP contribution in [-0.2, 0) is 19.6 Å². The molecule has 5 nitrogen and oxygen atoms in total. The lowest BCUT2D eigenvalue weighted by atomic mass is 10.1. The molecular formula is C13H24O5S. The highest BCUT2D eigenvalue weighted by atomic mass is 32.2. The van der Waals surface area contributed by atoms with Crippen LogP contribution in [0.25, 0.3) is 0 Å². The largest absolute Gasteiger partial charge is 0.462 e. The Balaban J connectivity index is 3.24. The van der Waals surface area contributed by atoms with E-state index in [-0.39, 0.29) is 11.7 Å². The molecule has 112 valence electrons. The van der Waals surface area contributed by atoms with Crippen molar-refractivity contribution in [3.8, 4) is 0 Å². The lowest BCUT2D eigenvalue weighted by Gasteiger charge is -2.04. The van der Waals surface area contributed by atoms with Crippen LogP contribution in [-0.4, -0.2) is 31.3 Å². The van der Waals surface area contributed by atoms with E-state index in [4.69, 9.17) is 9.29 Å². The maximum absolute atomic E-state index is 11.0. The highest BCUT2D eigenvalue weighted by Crippen LogP contribution is 2.08. The zero-order valence-corrected chi connectivity index (χ0v) is 12.4. The average molecular weight is 292 g/mol. The van der Waals surface area contributed by atoms with Crippen LogP contribution in [0.2, 0.25) is 0 Å². The monoisotopic (exact) mass is 292 g/mol. The van der Waals surface area contributed by atoms with Crippen LogP contribution >= 0.6 is 0 Å². The summed E-state index contributed by atoms with van der Waals surface area (Å²) in [5.74, 6) is -0.491. The van der Waals surface area contributed by atoms with Gasteiger partial charge < -0.3 is 4.74 Å². The summed E-state index contributed by atoms with van der Waals surface area (Å²) >= 11 is 0. The fourth-order valence-electron chi connectivity index (χ4n) is 1.56. The van der Waals surface area contributed by atoms with Crippen LogP contribution in [0.5, 0.6) is 0 Å². The van der Waals surface area contributed by atoms with Crippen molar-refractivity contribution in [1.29, 1.82) is 0 Å². The van der Waals surface area contributed by atoms with E-state index in [0.717, 1.165) is 38.5 Å². The molecule has 0 amide bonds. The van der Waals surface area contributed by atoms with Crippen LogP contribution < -0.4 is 0 Å². The van der Waals surface area contributed by atoms with Crippen molar-refractivity contribution in [2.45, 2.75) is 51.9 Å². The lowest BCUT2D eigenvalue weighted by Crippen LogP contribution is -2.06. The Bertz CT molecular complexity index is 372. The zero-order valence-electron chi connectivity index (χ0n) is 11.6. The Morgan fingerprint density at radius 2 is 1.53 bits per heavy atom. The molecule has 19 heavy (non-hydrogen) atoms. The normalized spacial score (nSPS) is 11.3. The summed E-state index contributed by atoms with van der Waals surface area (Å²) in [5.41, 5.74) is 0.416. The molecule has 0 saturated carbocycles. The molecule has 0 radical (unpaired) electrons. The second kappa shape index (κ2) is 9.97. The van der Waals surface area contributed by atoms with E-state index in [9.17, 15) is 13.2 Å². The van der Waals surface area contributed by atoms with Gasteiger partial charge in [0.15, 0.2) is 0 Å². The molecule has 6 heteroatoms. The molecule has 0 atom stereocenters. The summed E-state index contributed by atoms with van der Waals surface area (Å²) in [5, 5.41) is 0. The molecule has 1 N–H and O–H groups in total. The van der Waals surface area contributed by atoms with Crippen molar-refractivity contribution in [2.75, 3.05) is 12.4 Å². The van der Waals surface area contributed by atoms with Crippen molar-refractivity contribution < 1.29 is 22.5 Å². The maximum atomic E-state index is 11.0. The Hall–Kier alpha value is -0.880. The number of carbonyl (C=O) groups is 1. The predicted molar refractivity (Wildman–Crippen MR) is 74.5 cm³/mol. The van der Waals surface area contributed by atoms with E-state index < -0.39 is 10.1 Å². The van der Waals surface area contributed by atoms with Crippen LogP contribution in [0.3, 0.4) is 0 Å². The second-order valence-corrected chi connectivity index (χ2v) is 6.25. The van der Waals surface area contributed by atoms with Gasteiger partial charge in [0.05, 0.1) is 12.4 Å². The van der Waals surface area contributed by atoms with Crippen molar-refractivity contribution in [1.82, 2.24) is 0 Å². The standard InChI is InChI=1S/C13H24O5S/c1-12(2)13(14)18-10-8-6-4-3-5-7-9-11-19(15,16)17/h1,3-11H2,2H3,(H,15,16,17). The molecule has 0 rings (SSSR count). The van der Waals surface area contributed by atoms with E-state index in [2.05, 4.69) is 6.58 Å². The van der Waals surface area contributed by atoms with Gasteiger partial charge in [-0.25, -0.2) is 4.79 Å². The predicted octanol–water partition coefficient (Wildman–Crippen LogP) is 2.72. The zero-order chi connectivity index (χ0) is 14.7. The molecule has 0 spiro atoms. The van der Waals surface area contributed by atoms with Crippen molar-refractivity contribution in [2.24, 2.45) is 0 Å². The first-order chi connectivity index (χ1) is 8.83. The summed E-state index contributed by atoms with van der Waals surface area (Å²) in [4.78, 5) is 11.0. The van der Waals surface area contributed by atoms with E-state index >= 15 is 0 Å². The topological polar surface area (TPSA) is 80.7 Å². The molecule has 0 unspecified atom stereocenters. The Labute approximate surface area is 115 Å². The fraction of sp³-hybridized carbons (Fsp3) is 0.769. The summed E-state index contributed by atoms with van der Waals surface area (Å²) in [7, 11) is -3.80. The van der Waals surface area contributed by atoms with Crippen LogP contribution in [0, 0.1) is 0 Å². The fourth-order valence-corrected chi connectivity index (χ4v) is 2.13. The first-order valence-electron chi connectivity index (χ1n) is 6.61. The number of hydrogen-bond donors (Lipinski definition) is 1. The van der Waals surface area contributed by atoms with E-state index in [1.54, 1.807) is 6.92 Å². The molecule has 0 heterocycles. The quantitative estimate of drug-likeness (QED) is 0.274.